The maximum Gasteiger partial charge on any atom is 0.272 e. The standard InChI is InChI=1S/C21H26N6OS/c1-15-19-21(28)26(13-14-27(19)16(2)22-15)12-9-24-7-10-25(11-8-24)20-17-5-3-4-6-18(17)29-23-20/h3-6H,7-14H2,1-2H3. The maximum atomic E-state index is 12.9. The van der Waals surface area contributed by atoms with Crippen molar-refractivity contribution in [3.8, 4) is 0 Å². The Hall–Kier alpha value is -2.45. The van der Waals surface area contributed by atoms with Crippen molar-refractivity contribution in [2.24, 2.45) is 0 Å². The van der Waals surface area contributed by atoms with Gasteiger partial charge in [0.1, 0.15) is 17.3 Å². The molecule has 0 spiro atoms. The SMILES string of the molecule is Cc1nc(C)n2c1C(=O)N(CCN1CCN(c3nsc4ccccc34)CC1)CC2. The number of carbonyl (C=O) groups excluding carboxylic acids is 1. The molecule has 7 nitrogen and oxygen atoms in total. The van der Waals surface area contributed by atoms with E-state index in [2.05, 4.69) is 43.6 Å². The molecule has 0 saturated carbocycles. The Balaban J connectivity index is 1.18. The van der Waals surface area contributed by atoms with Crippen LogP contribution in [0.15, 0.2) is 24.3 Å². The molecule has 29 heavy (non-hydrogen) atoms. The number of anilines is 1. The van der Waals surface area contributed by atoms with Crippen LogP contribution in [-0.2, 0) is 6.54 Å². The normalized spacial score (nSPS) is 17.9. The van der Waals surface area contributed by atoms with Crippen molar-refractivity contribution >= 4 is 33.3 Å². The van der Waals surface area contributed by atoms with Crippen molar-refractivity contribution in [1.82, 2.24) is 23.7 Å². The van der Waals surface area contributed by atoms with Gasteiger partial charge in [0, 0.05) is 57.7 Å². The Kier molecular flexibility index (Phi) is 4.75. The fourth-order valence-electron chi connectivity index (χ4n) is 4.49. The highest BCUT2D eigenvalue weighted by Crippen LogP contribution is 2.29. The molecule has 0 N–H and O–H groups in total. The summed E-state index contributed by atoms with van der Waals surface area (Å²) in [5.41, 5.74) is 1.62. The Labute approximate surface area is 174 Å². The van der Waals surface area contributed by atoms with Crippen LogP contribution >= 0.6 is 11.5 Å². The number of amides is 1. The van der Waals surface area contributed by atoms with Gasteiger partial charge in [0.15, 0.2) is 0 Å². The fraction of sp³-hybridized carbons (Fsp3) is 0.476. The minimum Gasteiger partial charge on any atom is -0.353 e. The first-order valence-electron chi connectivity index (χ1n) is 10.3. The lowest BCUT2D eigenvalue weighted by Crippen LogP contribution is -2.50. The number of rotatable bonds is 4. The van der Waals surface area contributed by atoms with Gasteiger partial charge in [-0.25, -0.2) is 4.98 Å². The number of hydrogen-bond acceptors (Lipinski definition) is 6. The van der Waals surface area contributed by atoms with E-state index in [4.69, 9.17) is 4.37 Å². The Morgan fingerprint density at radius 2 is 1.79 bits per heavy atom. The number of piperazine rings is 1. The van der Waals surface area contributed by atoms with E-state index in [-0.39, 0.29) is 5.91 Å². The second kappa shape index (κ2) is 7.42. The number of aromatic nitrogens is 3. The molecule has 0 aliphatic carbocycles. The van der Waals surface area contributed by atoms with Gasteiger partial charge < -0.3 is 14.4 Å². The molecule has 1 saturated heterocycles. The summed E-state index contributed by atoms with van der Waals surface area (Å²) in [4.78, 5) is 24.2. The van der Waals surface area contributed by atoms with Gasteiger partial charge in [0.25, 0.3) is 5.91 Å². The minimum absolute atomic E-state index is 0.127. The molecule has 0 bridgehead atoms. The van der Waals surface area contributed by atoms with Crippen LogP contribution in [0.2, 0.25) is 0 Å². The quantitative estimate of drug-likeness (QED) is 0.661. The van der Waals surface area contributed by atoms with Crippen molar-refractivity contribution in [3.05, 3.63) is 41.5 Å². The molecule has 2 aliphatic heterocycles. The predicted octanol–water partition coefficient (Wildman–Crippen LogP) is 2.39. The lowest BCUT2D eigenvalue weighted by atomic mass is 10.2. The van der Waals surface area contributed by atoms with E-state index in [1.54, 1.807) is 11.5 Å². The molecular formula is C21H26N6OS. The monoisotopic (exact) mass is 410 g/mol. The summed E-state index contributed by atoms with van der Waals surface area (Å²) in [7, 11) is 0. The third-order valence-electron chi connectivity index (χ3n) is 6.13. The fourth-order valence-corrected chi connectivity index (χ4v) is 5.28. The lowest BCUT2D eigenvalue weighted by molar-refractivity contribution is 0.0679. The molecule has 152 valence electrons. The third kappa shape index (κ3) is 3.30. The van der Waals surface area contributed by atoms with Crippen LogP contribution < -0.4 is 4.90 Å². The van der Waals surface area contributed by atoms with Crippen molar-refractivity contribution in [3.63, 3.8) is 0 Å². The van der Waals surface area contributed by atoms with Crippen LogP contribution in [0, 0.1) is 13.8 Å². The molecule has 1 fully saturated rings. The van der Waals surface area contributed by atoms with Gasteiger partial charge in [-0.3, -0.25) is 9.69 Å². The number of aryl methyl sites for hydroxylation is 2. The summed E-state index contributed by atoms with van der Waals surface area (Å²) >= 11 is 1.58. The number of carbonyl (C=O) groups is 1. The summed E-state index contributed by atoms with van der Waals surface area (Å²) in [5, 5.41) is 1.26. The van der Waals surface area contributed by atoms with Crippen molar-refractivity contribution in [2.45, 2.75) is 20.4 Å². The first kappa shape index (κ1) is 18.6. The second-order valence-corrected chi connectivity index (χ2v) is 8.67. The average molecular weight is 411 g/mol. The predicted molar refractivity (Wildman–Crippen MR) is 116 cm³/mol. The van der Waals surface area contributed by atoms with Crippen LogP contribution in [0.4, 0.5) is 5.82 Å². The Morgan fingerprint density at radius 1 is 1.00 bits per heavy atom. The van der Waals surface area contributed by atoms with Gasteiger partial charge in [0.2, 0.25) is 0 Å². The number of nitrogens with zero attached hydrogens (tertiary/aromatic N) is 6. The van der Waals surface area contributed by atoms with Crippen LogP contribution in [-0.4, -0.2) is 75.4 Å². The van der Waals surface area contributed by atoms with Crippen molar-refractivity contribution in [1.29, 1.82) is 0 Å². The van der Waals surface area contributed by atoms with Crippen LogP contribution in [0.25, 0.3) is 10.1 Å². The lowest BCUT2D eigenvalue weighted by Gasteiger charge is -2.37. The highest BCUT2D eigenvalue weighted by atomic mass is 32.1. The summed E-state index contributed by atoms with van der Waals surface area (Å²) in [6.45, 7) is 11.2. The Morgan fingerprint density at radius 3 is 2.62 bits per heavy atom. The van der Waals surface area contributed by atoms with E-state index in [1.165, 1.54) is 10.1 Å². The Bertz CT molecular complexity index is 1050. The van der Waals surface area contributed by atoms with Crippen LogP contribution in [0.1, 0.15) is 22.0 Å². The number of hydrogen-bond donors (Lipinski definition) is 0. The molecule has 5 rings (SSSR count). The molecule has 0 unspecified atom stereocenters. The maximum absolute atomic E-state index is 12.9. The molecule has 0 atom stereocenters. The number of benzene rings is 1. The van der Waals surface area contributed by atoms with E-state index in [0.717, 1.165) is 75.4 Å². The largest absolute Gasteiger partial charge is 0.353 e. The van der Waals surface area contributed by atoms with Gasteiger partial charge in [-0.05, 0) is 37.5 Å². The first-order chi connectivity index (χ1) is 14.1. The van der Waals surface area contributed by atoms with E-state index in [1.807, 2.05) is 18.7 Å². The highest BCUT2D eigenvalue weighted by Gasteiger charge is 2.29. The van der Waals surface area contributed by atoms with E-state index in [0.29, 0.717) is 0 Å². The average Bonchev–Trinajstić information content (AvgIpc) is 3.29. The molecule has 4 heterocycles. The van der Waals surface area contributed by atoms with Gasteiger partial charge >= 0.3 is 0 Å². The zero-order valence-corrected chi connectivity index (χ0v) is 17.8. The molecule has 2 aromatic heterocycles. The zero-order valence-electron chi connectivity index (χ0n) is 17.0. The molecule has 2 aliphatic rings. The molecule has 1 aromatic carbocycles. The molecule has 8 heteroatoms. The highest BCUT2D eigenvalue weighted by molar-refractivity contribution is 7.13. The van der Waals surface area contributed by atoms with Gasteiger partial charge in [-0.2, -0.15) is 4.37 Å². The smallest absolute Gasteiger partial charge is 0.272 e. The van der Waals surface area contributed by atoms with Crippen molar-refractivity contribution in [2.75, 3.05) is 50.7 Å². The number of imidazole rings is 1. The van der Waals surface area contributed by atoms with Crippen LogP contribution in [0.3, 0.4) is 0 Å². The summed E-state index contributed by atoms with van der Waals surface area (Å²) in [6, 6.07) is 8.45. The van der Waals surface area contributed by atoms with Gasteiger partial charge in [-0.15, -0.1) is 0 Å². The van der Waals surface area contributed by atoms with E-state index >= 15 is 0 Å². The van der Waals surface area contributed by atoms with Crippen molar-refractivity contribution < 1.29 is 4.79 Å². The minimum atomic E-state index is 0.127. The topological polar surface area (TPSA) is 57.5 Å². The number of fused-ring (bicyclic) bond motifs is 2. The van der Waals surface area contributed by atoms with Crippen LogP contribution in [0.5, 0.6) is 0 Å². The van der Waals surface area contributed by atoms with E-state index < -0.39 is 0 Å². The molecular weight excluding hydrogens is 384 g/mol. The molecule has 1 amide bonds. The summed E-state index contributed by atoms with van der Waals surface area (Å²) < 4.78 is 8.00. The molecule has 0 radical (unpaired) electrons. The first-order valence-corrected chi connectivity index (χ1v) is 11.0. The van der Waals surface area contributed by atoms with Gasteiger partial charge in [0.05, 0.1) is 10.4 Å². The third-order valence-corrected chi connectivity index (χ3v) is 6.95. The second-order valence-electron chi connectivity index (χ2n) is 7.87. The summed E-state index contributed by atoms with van der Waals surface area (Å²) in [6.07, 6.45) is 0. The zero-order chi connectivity index (χ0) is 20.0. The van der Waals surface area contributed by atoms with E-state index in [9.17, 15) is 4.79 Å². The molecule has 3 aromatic rings. The van der Waals surface area contributed by atoms with Gasteiger partial charge in [-0.1, -0.05) is 12.1 Å². The summed E-state index contributed by atoms with van der Waals surface area (Å²) in [5.74, 6) is 2.19.